The van der Waals surface area contributed by atoms with Crippen molar-refractivity contribution >= 4 is 27.8 Å². The van der Waals surface area contributed by atoms with Crippen LogP contribution in [0.5, 0.6) is 0 Å². The lowest BCUT2D eigenvalue weighted by molar-refractivity contribution is 0.0948. The fourth-order valence-corrected chi connectivity index (χ4v) is 2.32. The van der Waals surface area contributed by atoms with Crippen LogP contribution in [0, 0.1) is 6.92 Å². The Kier molecular flexibility index (Phi) is 3.72. The van der Waals surface area contributed by atoms with Crippen LogP contribution >= 0.6 is 15.9 Å². The van der Waals surface area contributed by atoms with Gasteiger partial charge in [0.2, 0.25) is 5.95 Å². The quantitative estimate of drug-likeness (QED) is 0.712. The highest BCUT2D eigenvalue weighted by Gasteiger charge is 2.16. The van der Waals surface area contributed by atoms with Gasteiger partial charge in [-0.25, -0.2) is 4.98 Å². The molecule has 0 atom stereocenters. The Morgan fingerprint density at radius 1 is 1.23 bits per heavy atom. The highest BCUT2D eigenvalue weighted by atomic mass is 79.9. The first kappa shape index (κ1) is 14.4. The van der Waals surface area contributed by atoms with E-state index in [0.29, 0.717) is 16.0 Å². The van der Waals surface area contributed by atoms with E-state index in [9.17, 15) is 4.79 Å². The molecule has 2 N–H and O–H groups in total. The van der Waals surface area contributed by atoms with Gasteiger partial charge in [-0.3, -0.25) is 4.79 Å². The van der Waals surface area contributed by atoms with Crippen molar-refractivity contribution in [2.75, 3.05) is 5.73 Å². The smallest absolute Gasteiger partial charge is 0.281 e. The van der Waals surface area contributed by atoms with Crippen molar-refractivity contribution in [2.24, 2.45) is 0 Å². The summed E-state index contributed by atoms with van der Waals surface area (Å²) in [5.74, 6) is 0.110. The molecule has 22 heavy (non-hydrogen) atoms. The summed E-state index contributed by atoms with van der Waals surface area (Å²) in [6, 6.07) is 10.7. The van der Waals surface area contributed by atoms with Gasteiger partial charge in [0.15, 0.2) is 5.82 Å². The summed E-state index contributed by atoms with van der Waals surface area (Å²) >= 11 is 3.29. The maximum atomic E-state index is 12.4. The number of aryl methyl sites for hydroxylation is 1. The molecule has 0 saturated carbocycles. The van der Waals surface area contributed by atoms with Crippen molar-refractivity contribution in [3.8, 4) is 11.4 Å². The molecule has 3 aromatic rings. The fraction of sp³-hybridized carbons (Fsp3) is 0.0667. The second kappa shape index (κ2) is 5.69. The topological polar surface area (TPSA) is 86.7 Å². The highest BCUT2D eigenvalue weighted by molar-refractivity contribution is 9.10. The molecule has 0 aliphatic heterocycles. The summed E-state index contributed by atoms with van der Waals surface area (Å²) in [6.45, 7) is 1.96. The first-order valence-corrected chi connectivity index (χ1v) is 7.30. The Labute approximate surface area is 135 Å². The van der Waals surface area contributed by atoms with E-state index in [4.69, 9.17) is 5.73 Å². The standard InChI is InChI=1S/C15H12BrN5O/c1-9-2-4-10(5-3-9)14(22)21-15(17)19-13(20-21)11-6-7-18-12(16)8-11/h2-8H,1H3,(H2,17,19,20). The van der Waals surface area contributed by atoms with Crippen molar-refractivity contribution < 1.29 is 4.79 Å². The number of halogens is 1. The predicted molar refractivity (Wildman–Crippen MR) is 86.3 cm³/mol. The Balaban J connectivity index is 1.99. The molecule has 110 valence electrons. The number of carbonyl (C=O) groups is 1. The number of nitrogen functional groups attached to an aromatic ring is 1. The van der Waals surface area contributed by atoms with Crippen LogP contribution in [0.25, 0.3) is 11.4 Å². The SMILES string of the molecule is Cc1ccc(C(=O)n2nc(-c3ccnc(Br)c3)nc2N)cc1. The summed E-state index contributed by atoms with van der Waals surface area (Å²) in [7, 11) is 0. The van der Waals surface area contributed by atoms with E-state index in [1.54, 1.807) is 30.5 Å². The van der Waals surface area contributed by atoms with Crippen LogP contribution in [0.3, 0.4) is 0 Å². The molecule has 0 amide bonds. The van der Waals surface area contributed by atoms with E-state index in [0.717, 1.165) is 15.8 Å². The molecular formula is C15H12BrN5O. The second-order valence-electron chi connectivity index (χ2n) is 4.74. The summed E-state index contributed by atoms with van der Waals surface area (Å²) in [5.41, 5.74) is 8.13. The molecule has 6 nitrogen and oxygen atoms in total. The normalized spacial score (nSPS) is 10.6. The molecule has 7 heteroatoms. The molecule has 0 fully saturated rings. The number of carbonyl (C=O) groups excluding carboxylic acids is 1. The number of hydrogen-bond acceptors (Lipinski definition) is 5. The molecule has 0 saturated heterocycles. The Bertz CT molecular complexity index is 841. The summed E-state index contributed by atoms with van der Waals surface area (Å²) in [6.07, 6.45) is 1.62. The zero-order valence-electron chi connectivity index (χ0n) is 11.7. The average molecular weight is 358 g/mol. The number of hydrogen-bond donors (Lipinski definition) is 1. The number of nitrogens with zero attached hydrogens (tertiary/aromatic N) is 4. The minimum Gasteiger partial charge on any atom is -0.368 e. The van der Waals surface area contributed by atoms with Gasteiger partial charge < -0.3 is 5.73 Å². The minimum atomic E-state index is -0.315. The molecule has 3 rings (SSSR count). The monoisotopic (exact) mass is 357 g/mol. The van der Waals surface area contributed by atoms with Crippen LogP contribution < -0.4 is 5.73 Å². The summed E-state index contributed by atoms with van der Waals surface area (Å²) < 4.78 is 1.76. The van der Waals surface area contributed by atoms with Gasteiger partial charge in [0.05, 0.1) is 0 Å². The van der Waals surface area contributed by atoms with Gasteiger partial charge in [0, 0.05) is 17.3 Å². The maximum absolute atomic E-state index is 12.4. The zero-order valence-corrected chi connectivity index (χ0v) is 13.3. The third kappa shape index (κ3) is 2.75. The molecule has 2 heterocycles. The Hall–Kier alpha value is -2.54. The molecular weight excluding hydrogens is 346 g/mol. The van der Waals surface area contributed by atoms with Gasteiger partial charge in [0.25, 0.3) is 5.91 Å². The molecule has 0 aliphatic rings. The number of anilines is 1. The van der Waals surface area contributed by atoms with E-state index in [-0.39, 0.29) is 11.9 Å². The largest absolute Gasteiger partial charge is 0.368 e. The van der Waals surface area contributed by atoms with Gasteiger partial charge >= 0.3 is 0 Å². The number of pyridine rings is 1. The van der Waals surface area contributed by atoms with Crippen LogP contribution in [-0.2, 0) is 0 Å². The lowest BCUT2D eigenvalue weighted by atomic mass is 10.1. The molecule has 2 aromatic heterocycles. The van der Waals surface area contributed by atoms with Crippen LogP contribution in [-0.4, -0.2) is 25.7 Å². The second-order valence-corrected chi connectivity index (χ2v) is 5.56. The van der Waals surface area contributed by atoms with Crippen molar-refractivity contribution in [1.82, 2.24) is 19.7 Å². The van der Waals surface area contributed by atoms with Gasteiger partial charge in [-0.15, -0.1) is 5.10 Å². The number of benzene rings is 1. The predicted octanol–water partition coefficient (Wildman–Crippen LogP) is 2.68. The fourth-order valence-electron chi connectivity index (χ4n) is 1.96. The third-order valence-electron chi connectivity index (χ3n) is 3.11. The minimum absolute atomic E-state index is 0.0495. The molecule has 0 spiro atoms. The molecule has 0 radical (unpaired) electrons. The lowest BCUT2D eigenvalue weighted by Crippen LogP contribution is -2.16. The van der Waals surface area contributed by atoms with E-state index in [1.165, 1.54) is 0 Å². The van der Waals surface area contributed by atoms with E-state index in [1.807, 2.05) is 19.1 Å². The highest BCUT2D eigenvalue weighted by Crippen LogP contribution is 2.19. The van der Waals surface area contributed by atoms with E-state index in [2.05, 4.69) is 31.0 Å². The number of rotatable bonds is 2. The molecule has 1 aromatic carbocycles. The number of nitrogens with two attached hydrogens (primary N) is 1. The van der Waals surface area contributed by atoms with Crippen LogP contribution in [0.4, 0.5) is 5.95 Å². The average Bonchev–Trinajstić information content (AvgIpc) is 2.89. The third-order valence-corrected chi connectivity index (χ3v) is 3.54. The summed E-state index contributed by atoms with van der Waals surface area (Å²) in [5, 5.41) is 4.20. The van der Waals surface area contributed by atoms with Crippen molar-refractivity contribution in [3.63, 3.8) is 0 Å². The van der Waals surface area contributed by atoms with Crippen LogP contribution in [0.15, 0.2) is 47.2 Å². The Morgan fingerprint density at radius 2 is 1.95 bits per heavy atom. The maximum Gasteiger partial charge on any atom is 0.281 e. The van der Waals surface area contributed by atoms with Gasteiger partial charge in [-0.1, -0.05) is 17.7 Å². The zero-order chi connectivity index (χ0) is 15.7. The molecule has 0 aliphatic carbocycles. The van der Waals surface area contributed by atoms with Crippen LogP contribution in [0.1, 0.15) is 15.9 Å². The Morgan fingerprint density at radius 3 is 2.64 bits per heavy atom. The van der Waals surface area contributed by atoms with Crippen molar-refractivity contribution in [3.05, 3.63) is 58.3 Å². The first-order chi connectivity index (χ1) is 10.5. The van der Waals surface area contributed by atoms with E-state index < -0.39 is 0 Å². The van der Waals surface area contributed by atoms with Gasteiger partial charge in [-0.2, -0.15) is 9.67 Å². The van der Waals surface area contributed by atoms with Gasteiger partial charge in [0.1, 0.15) is 4.60 Å². The van der Waals surface area contributed by atoms with Crippen LogP contribution in [0.2, 0.25) is 0 Å². The lowest BCUT2D eigenvalue weighted by Gasteiger charge is -2.01. The van der Waals surface area contributed by atoms with E-state index >= 15 is 0 Å². The molecule has 0 unspecified atom stereocenters. The van der Waals surface area contributed by atoms with Gasteiger partial charge in [-0.05, 0) is 47.1 Å². The summed E-state index contributed by atoms with van der Waals surface area (Å²) in [4.78, 5) is 20.6. The first-order valence-electron chi connectivity index (χ1n) is 6.50. The van der Waals surface area contributed by atoms with Crippen molar-refractivity contribution in [1.29, 1.82) is 0 Å². The number of aromatic nitrogens is 4. The van der Waals surface area contributed by atoms with Crippen molar-refractivity contribution in [2.45, 2.75) is 6.92 Å². The molecule has 0 bridgehead atoms.